The van der Waals surface area contributed by atoms with Crippen LogP contribution in [0.2, 0.25) is 5.02 Å². The number of benzene rings is 2. The highest BCUT2D eigenvalue weighted by atomic mass is 35.5. The van der Waals surface area contributed by atoms with Gasteiger partial charge in [0.15, 0.2) is 0 Å². The lowest BCUT2D eigenvalue weighted by Gasteiger charge is -2.28. The number of hydrogen-bond acceptors (Lipinski definition) is 3. The van der Waals surface area contributed by atoms with Crippen LogP contribution in [0.5, 0.6) is 5.75 Å². The van der Waals surface area contributed by atoms with Crippen LogP contribution in [0.3, 0.4) is 0 Å². The lowest BCUT2D eigenvalue weighted by Crippen LogP contribution is -2.42. The molecule has 0 saturated heterocycles. The van der Waals surface area contributed by atoms with Crippen LogP contribution in [-0.2, 0) is 4.79 Å². The van der Waals surface area contributed by atoms with E-state index in [4.69, 9.17) is 16.3 Å². The highest BCUT2D eigenvalue weighted by Gasteiger charge is 2.37. The van der Waals surface area contributed by atoms with Crippen LogP contribution in [0, 0.1) is 11.3 Å². The predicted octanol–water partition coefficient (Wildman–Crippen LogP) is 5.78. The van der Waals surface area contributed by atoms with Gasteiger partial charge < -0.3 is 20.3 Å². The summed E-state index contributed by atoms with van der Waals surface area (Å²) < 4.78 is 5.93. The molecule has 1 aliphatic rings. The average Bonchev–Trinajstić information content (AvgIpc) is 2.77. The molecule has 3 rings (SSSR count). The SMILES string of the molecule is CC(C)CCN1C(=O)C(C)(C)COc2ccc(NC(=O)Nc3ccc(Cl)cc3)cc21. The molecule has 2 aromatic carbocycles. The second kappa shape index (κ2) is 8.96. The zero-order valence-corrected chi connectivity index (χ0v) is 18.5. The minimum Gasteiger partial charge on any atom is -0.490 e. The van der Waals surface area contributed by atoms with Crippen molar-refractivity contribution in [2.24, 2.45) is 11.3 Å². The Balaban J connectivity index is 1.82. The Morgan fingerprint density at radius 2 is 1.77 bits per heavy atom. The molecule has 30 heavy (non-hydrogen) atoms. The van der Waals surface area contributed by atoms with E-state index in [9.17, 15) is 9.59 Å². The third kappa shape index (κ3) is 5.25. The summed E-state index contributed by atoms with van der Waals surface area (Å²) >= 11 is 5.88. The first-order valence-corrected chi connectivity index (χ1v) is 10.5. The molecule has 2 aromatic rings. The largest absolute Gasteiger partial charge is 0.490 e. The van der Waals surface area contributed by atoms with Crippen molar-refractivity contribution in [3.8, 4) is 5.75 Å². The molecular formula is C23H28ClN3O3. The molecule has 6 nitrogen and oxygen atoms in total. The summed E-state index contributed by atoms with van der Waals surface area (Å²) in [4.78, 5) is 27.4. The zero-order chi connectivity index (χ0) is 21.9. The molecule has 0 fully saturated rings. The van der Waals surface area contributed by atoms with E-state index in [2.05, 4.69) is 24.5 Å². The van der Waals surface area contributed by atoms with Crippen LogP contribution in [0.4, 0.5) is 21.9 Å². The van der Waals surface area contributed by atoms with Crippen molar-refractivity contribution < 1.29 is 14.3 Å². The molecule has 0 aromatic heterocycles. The van der Waals surface area contributed by atoms with Crippen LogP contribution >= 0.6 is 11.6 Å². The molecule has 1 aliphatic heterocycles. The van der Waals surface area contributed by atoms with E-state index in [1.54, 1.807) is 47.4 Å². The van der Waals surface area contributed by atoms with Gasteiger partial charge in [0.05, 0.1) is 11.1 Å². The molecule has 0 bridgehead atoms. The van der Waals surface area contributed by atoms with E-state index in [-0.39, 0.29) is 11.9 Å². The maximum Gasteiger partial charge on any atom is 0.323 e. The summed E-state index contributed by atoms with van der Waals surface area (Å²) in [5, 5.41) is 6.18. The average molecular weight is 430 g/mol. The van der Waals surface area contributed by atoms with E-state index in [1.165, 1.54) is 0 Å². The summed E-state index contributed by atoms with van der Waals surface area (Å²) in [5.74, 6) is 1.12. The summed E-state index contributed by atoms with van der Waals surface area (Å²) in [6.07, 6.45) is 0.871. The molecule has 1 heterocycles. The van der Waals surface area contributed by atoms with E-state index in [1.807, 2.05) is 13.8 Å². The van der Waals surface area contributed by atoms with Gasteiger partial charge in [0.1, 0.15) is 12.4 Å². The van der Waals surface area contributed by atoms with Crippen LogP contribution in [0.25, 0.3) is 0 Å². The van der Waals surface area contributed by atoms with Gasteiger partial charge in [0.25, 0.3) is 0 Å². The first kappa shape index (κ1) is 22.0. The number of nitrogens with one attached hydrogen (secondary N) is 2. The van der Waals surface area contributed by atoms with Gasteiger partial charge in [-0.1, -0.05) is 25.4 Å². The Labute approximate surface area is 182 Å². The minimum atomic E-state index is -0.629. The maximum absolute atomic E-state index is 13.2. The van der Waals surface area contributed by atoms with E-state index in [0.29, 0.717) is 46.9 Å². The number of halogens is 1. The lowest BCUT2D eigenvalue weighted by molar-refractivity contribution is -0.127. The number of carbonyl (C=O) groups excluding carboxylic acids is 2. The molecule has 0 saturated carbocycles. The third-order valence-corrected chi connectivity index (χ3v) is 5.20. The van der Waals surface area contributed by atoms with Gasteiger partial charge in [0, 0.05) is 22.9 Å². The Kier molecular flexibility index (Phi) is 6.56. The lowest BCUT2D eigenvalue weighted by atomic mass is 9.92. The Morgan fingerprint density at radius 1 is 1.13 bits per heavy atom. The second-order valence-electron chi connectivity index (χ2n) is 8.58. The second-order valence-corrected chi connectivity index (χ2v) is 9.02. The number of rotatable bonds is 5. The summed E-state index contributed by atoms with van der Waals surface area (Å²) in [7, 11) is 0. The van der Waals surface area contributed by atoms with E-state index < -0.39 is 5.41 Å². The number of ether oxygens (including phenoxy) is 1. The van der Waals surface area contributed by atoms with Gasteiger partial charge in [-0.25, -0.2) is 4.79 Å². The van der Waals surface area contributed by atoms with Crippen molar-refractivity contribution in [2.75, 3.05) is 28.7 Å². The maximum atomic E-state index is 13.2. The van der Waals surface area contributed by atoms with Crippen LogP contribution in [-0.4, -0.2) is 25.1 Å². The van der Waals surface area contributed by atoms with Crippen molar-refractivity contribution in [2.45, 2.75) is 34.1 Å². The normalized spacial score (nSPS) is 15.3. The van der Waals surface area contributed by atoms with E-state index in [0.717, 1.165) is 6.42 Å². The minimum absolute atomic E-state index is 0.0182. The Morgan fingerprint density at radius 3 is 2.43 bits per heavy atom. The number of fused-ring (bicyclic) bond motifs is 1. The molecule has 160 valence electrons. The van der Waals surface area contributed by atoms with Crippen LogP contribution < -0.4 is 20.3 Å². The van der Waals surface area contributed by atoms with Crippen molar-refractivity contribution >= 4 is 40.6 Å². The number of amides is 3. The molecule has 0 aliphatic carbocycles. The molecule has 2 N–H and O–H groups in total. The number of urea groups is 1. The van der Waals surface area contributed by atoms with Gasteiger partial charge in [-0.15, -0.1) is 0 Å². The number of nitrogens with zero attached hydrogens (tertiary/aromatic N) is 1. The molecule has 3 amide bonds. The van der Waals surface area contributed by atoms with Crippen molar-refractivity contribution in [1.29, 1.82) is 0 Å². The predicted molar refractivity (Wildman–Crippen MR) is 122 cm³/mol. The first-order valence-electron chi connectivity index (χ1n) is 10.1. The third-order valence-electron chi connectivity index (χ3n) is 4.95. The Hall–Kier alpha value is -2.73. The fraction of sp³-hybridized carbons (Fsp3) is 0.391. The molecule has 0 spiro atoms. The topological polar surface area (TPSA) is 70.7 Å². The highest BCUT2D eigenvalue weighted by Crippen LogP contribution is 2.38. The summed E-state index contributed by atoms with van der Waals surface area (Å²) in [6, 6.07) is 11.8. The van der Waals surface area contributed by atoms with Crippen molar-refractivity contribution in [3.05, 3.63) is 47.5 Å². The molecule has 0 atom stereocenters. The van der Waals surface area contributed by atoms with Crippen LogP contribution in [0.1, 0.15) is 34.1 Å². The van der Waals surface area contributed by atoms with E-state index >= 15 is 0 Å². The quantitative estimate of drug-likeness (QED) is 0.632. The molecule has 0 radical (unpaired) electrons. The summed E-state index contributed by atoms with van der Waals surface area (Å²) in [5.41, 5.74) is 1.25. The molecular weight excluding hydrogens is 402 g/mol. The van der Waals surface area contributed by atoms with Gasteiger partial charge in [0.2, 0.25) is 5.91 Å². The van der Waals surface area contributed by atoms with Crippen molar-refractivity contribution in [3.63, 3.8) is 0 Å². The van der Waals surface area contributed by atoms with Gasteiger partial charge in [-0.2, -0.15) is 0 Å². The monoisotopic (exact) mass is 429 g/mol. The smallest absolute Gasteiger partial charge is 0.323 e. The fourth-order valence-electron chi connectivity index (χ4n) is 3.16. The number of carbonyl (C=O) groups is 2. The van der Waals surface area contributed by atoms with Gasteiger partial charge >= 0.3 is 6.03 Å². The highest BCUT2D eigenvalue weighted by molar-refractivity contribution is 6.30. The summed E-state index contributed by atoms with van der Waals surface area (Å²) in [6.45, 7) is 8.94. The zero-order valence-electron chi connectivity index (χ0n) is 17.8. The van der Waals surface area contributed by atoms with Crippen molar-refractivity contribution in [1.82, 2.24) is 0 Å². The number of anilines is 3. The van der Waals surface area contributed by atoms with Gasteiger partial charge in [-0.05, 0) is 68.7 Å². The molecule has 7 heteroatoms. The molecule has 0 unspecified atom stereocenters. The first-order chi connectivity index (χ1) is 14.2. The standard InChI is InChI=1S/C23H28ClN3O3/c1-15(2)11-12-27-19-13-18(9-10-20(19)30-14-23(3,4)21(27)28)26-22(29)25-17-7-5-16(24)6-8-17/h5-10,13,15H,11-12,14H2,1-4H3,(H2,25,26,29). The Bertz CT molecular complexity index is 926. The fourth-order valence-corrected chi connectivity index (χ4v) is 3.28. The van der Waals surface area contributed by atoms with Crippen LogP contribution in [0.15, 0.2) is 42.5 Å². The van der Waals surface area contributed by atoms with Gasteiger partial charge in [-0.3, -0.25) is 4.79 Å². The number of hydrogen-bond donors (Lipinski definition) is 2.